The van der Waals surface area contributed by atoms with Crippen LogP contribution in [-0.4, -0.2) is 71.4 Å². The Morgan fingerprint density at radius 3 is 1.28 bits per heavy atom. The smallest absolute Gasteiger partial charge is 0.259 e. The monoisotopic (exact) mass is 404 g/mol. The number of nitrogens with one attached hydrogen (secondary N) is 2. The van der Waals surface area contributed by atoms with E-state index in [0.29, 0.717) is 30.9 Å². The summed E-state index contributed by atoms with van der Waals surface area (Å²) in [6.45, 7) is 11.5. The Bertz CT molecular complexity index is 768. The Morgan fingerprint density at radius 1 is 0.724 bits per heavy atom. The summed E-state index contributed by atoms with van der Waals surface area (Å²) in [5, 5.41) is 6.28. The van der Waals surface area contributed by atoms with E-state index in [9.17, 15) is 19.2 Å². The number of allylic oxidation sites excluding steroid dienone is 2. The largest absolute Gasteiger partial charge is 0.388 e. The molecule has 2 N–H and O–H groups in total. The van der Waals surface area contributed by atoms with Crippen LogP contribution >= 0.6 is 0 Å². The number of hydrogen-bond donors (Lipinski definition) is 2. The number of rotatable bonds is 6. The summed E-state index contributed by atoms with van der Waals surface area (Å²) in [6.07, 6.45) is 0.679. The van der Waals surface area contributed by atoms with Gasteiger partial charge in [0.1, 0.15) is 22.2 Å². The maximum absolute atomic E-state index is 12.5. The number of nitrogens with zero attached hydrogens (tertiary/aromatic N) is 2. The molecule has 0 aromatic heterocycles. The lowest BCUT2D eigenvalue weighted by atomic mass is 9.97. The van der Waals surface area contributed by atoms with Gasteiger partial charge in [-0.3, -0.25) is 19.2 Å². The van der Waals surface area contributed by atoms with Crippen molar-refractivity contribution in [1.29, 1.82) is 0 Å². The van der Waals surface area contributed by atoms with Gasteiger partial charge in [0.05, 0.1) is 0 Å². The van der Waals surface area contributed by atoms with E-state index >= 15 is 0 Å². The number of likely N-dealkylation sites (tertiary alicyclic amines) is 2. The van der Waals surface area contributed by atoms with E-state index < -0.39 is 11.1 Å². The lowest BCUT2D eigenvalue weighted by Crippen LogP contribution is -2.41. The lowest BCUT2D eigenvalue weighted by Gasteiger charge is -2.24. The molecule has 0 aromatic rings. The number of amides is 2. The minimum Gasteiger partial charge on any atom is -0.388 e. The molecule has 2 amide bonds. The van der Waals surface area contributed by atoms with Crippen LogP contribution in [0.3, 0.4) is 0 Å². The Labute approximate surface area is 172 Å². The second-order valence-electron chi connectivity index (χ2n) is 8.71. The second kappa shape index (κ2) is 7.65. The first-order valence-electron chi connectivity index (χ1n) is 9.81. The Balaban J connectivity index is 1.94. The number of carbonyl (C=O) groups is 4. The van der Waals surface area contributed by atoms with Crippen LogP contribution in [0.5, 0.6) is 0 Å². The van der Waals surface area contributed by atoms with E-state index in [1.165, 1.54) is 9.80 Å². The predicted molar refractivity (Wildman–Crippen MR) is 110 cm³/mol. The Kier molecular flexibility index (Phi) is 5.97. The first-order chi connectivity index (χ1) is 13.3. The fourth-order valence-corrected chi connectivity index (χ4v) is 3.43. The second-order valence-corrected chi connectivity index (χ2v) is 8.71. The molecule has 2 aliphatic heterocycles. The van der Waals surface area contributed by atoms with Gasteiger partial charge in [-0.25, -0.2) is 0 Å². The Hall–Kier alpha value is -2.64. The van der Waals surface area contributed by atoms with Gasteiger partial charge < -0.3 is 20.4 Å². The van der Waals surface area contributed by atoms with Crippen LogP contribution < -0.4 is 10.6 Å². The van der Waals surface area contributed by atoms with Gasteiger partial charge in [-0.2, -0.15) is 0 Å². The summed E-state index contributed by atoms with van der Waals surface area (Å²) in [5.74, 6) is -0.903. The topological polar surface area (TPSA) is 98.8 Å². The Morgan fingerprint density at radius 2 is 1.03 bits per heavy atom. The highest BCUT2D eigenvalue weighted by Gasteiger charge is 2.49. The minimum absolute atomic E-state index is 0.182. The van der Waals surface area contributed by atoms with Crippen LogP contribution in [0.15, 0.2) is 22.5 Å². The van der Waals surface area contributed by atoms with Crippen molar-refractivity contribution in [3.05, 3.63) is 22.5 Å². The van der Waals surface area contributed by atoms with Gasteiger partial charge in [0.2, 0.25) is 0 Å². The van der Waals surface area contributed by atoms with Crippen LogP contribution in [0, 0.1) is 0 Å². The van der Waals surface area contributed by atoms with Crippen molar-refractivity contribution in [1.82, 2.24) is 20.4 Å². The average molecular weight is 405 g/mol. The quantitative estimate of drug-likeness (QED) is 0.385. The van der Waals surface area contributed by atoms with Gasteiger partial charge in [0.15, 0.2) is 11.6 Å². The zero-order valence-corrected chi connectivity index (χ0v) is 18.6. The molecule has 0 unspecified atom stereocenters. The highest BCUT2D eigenvalue weighted by atomic mass is 16.2. The first-order valence-corrected chi connectivity index (χ1v) is 9.81. The number of Topliss-reactive ketones (excluding diaryl/α,β-unsaturated/α-hetero) is 2. The van der Waals surface area contributed by atoms with Gasteiger partial charge >= 0.3 is 0 Å². The molecular formula is C21H32N4O4. The molecule has 2 saturated heterocycles. The lowest BCUT2D eigenvalue weighted by molar-refractivity contribution is -0.128. The first kappa shape index (κ1) is 22.6. The molecule has 0 atom stereocenters. The SMILES string of the molecule is CC(NCCCNC(C)=C1C(=O)N(C)C(C)(C)C1=O)=C1C(=O)N(C)C(C)(C)C1=O. The number of hydrogen-bond acceptors (Lipinski definition) is 6. The standard InChI is InChI=1S/C21H32N4O4/c1-12(14-16(26)20(3,4)24(7)18(14)28)22-10-9-11-23-13(2)15-17(27)21(5,6)25(8)19(15)29/h22-23H,9-11H2,1-8H3. The number of likely N-dealkylation sites (N-methyl/N-ethyl adjacent to an activating group) is 2. The molecule has 0 spiro atoms. The summed E-state index contributed by atoms with van der Waals surface area (Å²) in [6, 6.07) is 0. The zero-order valence-electron chi connectivity index (χ0n) is 18.6. The van der Waals surface area contributed by atoms with Crippen molar-refractivity contribution >= 4 is 23.4 Å². The zero-order chi connectivity index (χ0) is 22.3. The van der Waals surface area contributed by atoms with Crippen LogP contribution in [0.4, 0.5) is 0 Å². The molecule has 160 valence electrons. The van der Waals surface area contributed by atoms with Crippen molar-refractivity contribution in [2.45, 2.75) is 59.0 Å². The van der Waals surface area contributed by atoms with Crippen LogP contribution in [0.1, 0.15) is 48.0 Å². The van der Waals surface area contributed by atoms with Crippen molar-refractivity contribution in [2.24, 2.45) is 0 Å². The minimum atomic E-state index is -0.832. The molecule has 2 fully saturated rings. The molecule has 0 radical (unpaired) electrons. The third-order valence-electron chi connectivity index (χ3n) is 6.16. The molecule has 0 bridgehead atoms. The van der Waals surface area contributed by atoms with Crippen LogP contribution in [0.2, 0.25) is 0 Å². The summed E-state index contributed by atoms with van der Waals surface area (Å²) in [7, 11) is 3.26. The van der Waals surface area contributed by atoms with Crippen molar-refractivity contribution < 1.29 is 19.2 Å². The highest BCUT2D eigenvalue weighted by molar-refractivity contribution is 6.29. The van der Waals surface area contributed by atoms with Crippen molar-refractivity contribution in [2.75, 3.05) is 27.2 Å². The predicted octanol–water partition coefficient (Wildman–Crippen LogP) is 0.743. The maximum Gasteiger partial charge on any atom is 0.259 e. The third kappa shape index (κ3) is 3.68. The molecule has 2 heterocycles. The van der Waals surface area contributed by atoms with Crippen LogP contribution in [-0.2, 0) is 19.2 Å². The highest BCUT2D eigenvalue weighted by Crippen LogP contribution is 2.30. The molecule has 8 heteroatoms. The maximum atomic E-state index is 12.5. The molecule has 2 rings (SSSR count). The van der Waals surface area contributed by atoms with E-state index in [0.717, 1.165) is 0 Å². The van der Waals surface area contributed by atoms with Crippen molar-refractivity contribution in [3.8, 4) is 0 Å². The van der Waals surface area contributed by atoms with E-state index in [-0.39, 0.29) is 34.5 Å². The normalized spacial score (nSPS) is 24.4. The summed E-state index contributed by atoms with van der Waals surface area (Å²) >= 11 is 0. The fraction of sp³-hybridized carbons (Fsp3) is 0.619. The molecule has 0 saturated carbocycles. The van der Waals surface area contributed by atoms with Gasteiger partial charge in [-0.05, 0) is 48.0 Å². The molecule has 29 heavy (non-hydrogen) atoms. The fourth-order valence-electron chi connectivity index (χ4n) is 3.43. The van der Waals surface area contributed by atoms with E-state index in [1.807, 2.05) is 0 Å². The van der Waals surface area contributed by atoms with Gasteiger partial charge in [0, 0.05) is 38.6 Å². The average Bonchev–Trinajstić information content (AvgIpc) is 2.89. The summed E-state index contributed by atoms with van der Waals surface area (Å²) < 4.78 is 0. The van der Waals surface area contributed by atoms with Gasteiger partial charge in [-0.1, -0.05) is 0 Å². The van der Waals surface area contributed by atoms with Crippen LogP contribution in [0.25, 0.3) is 0 Å². The van der Waals surface area contributed by atoms with E-state index in [4.69, 9.17) is 0 Å². The summed E-state index contributed by atoms with van der Waals surface area (Å²) in [4.78, 5) is 52.7. The third-order valence-corrected chi connectivity index (χ3v) is 6.16. The van der Waals surface area contributed by atoms with E-state index in [2.05, 4.69) is 10.6 Å². The molecular weight excluding hydrogens is 372 g/mol. The van der Waals surface area contributed by atoms with Crippen molar-refractivity contribution in [3.63, 3.8) is 0 Å². The van der Waals surface area contributed by atoms with Gasteiger partial charge in [-0.15, -0.1) is 0 Å². The number of carbonyl (C=O) groups excluding carboxylic acids is 4. The molecule has 0 aliphatic carbocycles. The summed E-state index contributed by atoms with van der Waals surface area (Å²) in [5.41, 5.74) is -0.121. The van der Waals surface area contributed by atoms with E-state index in [1.54, 1.807) is 55.6 Å². The molecule has 8 nitrogen and oxygen atoms in total. The van der Waals surface area contributed by atoms with Gasteiger partial charge in [0.25, 0.3) is 11.8 Å². The number of ketones is 2. The molecule has 2 aliphatic rings. The molecule has 0 aromatic carbocycles.